The standard InChI is InChI=1S/C12H22O2/c1-10(13)14-9-12(4)7-5-6-11(2,3)8-12/h5-9H2,1-4H3. The normalized spacial score (nSPS) is 31.1. The zero-order valence-corrected chi connectivity index (χ0v) is 9.85. The van der Waals surface area contributed by atoms with Crippen LogP contribution in [0.15, 0.2) is 0 Å². The minimum atomic E-state index is -0.158. The van der Waals surface area contributed by atoms with E-state index >= 15 is 0 Å². The van der Waals surface area contributed by atoms with Crippen LogP contribution < -0.4 is 0 Å². The van der Waals surface area contributed by atoms with Crippen molar-refractivity contribution in [1.29, 1.82) is 0 Å². The molecule has 2 nitrogen and oxygen atoms in total. The Labute approximate surface area is 87.0 Å². The third-order valence-electron chi connectivity index (χ3n) is 3.16. The van der Waals surface area contributed by atoms with Gasteiger partial charge in [0.2, 0.25) is 0 Å². The van der Waals surface area contributed by atoms with Gasteiger partial charge in [0.05, 0.1) is 6.61 Å². The molecule has 0 aromatic heterocycles. The molecule has 1 saturated carbocycles. The van der Waals surface area contributed by atoms with Crippen LogP contribution in [-0.2, 0) is 9.53 Å². The van der Waals surface area contributed by atoms with Crippen molar-refractivity contribution in [3.8, 4) is 0 Å². The molecule has 0 aromatic carbocycles. The number of carbonyl (C=O) groups excluding carboxylic acids is 1. The molecule has 0 aromatic rings. The summed E-state index contributed by atoms with van der Waals surface area (Å²) in [7, 11) is 0. The highest BCUT2D eigenvalue weighted by Crippen LogP contribution is 2.45. The van der Waals surface area contributed by atoms with E-state index in [4.69, 9.17) is 4.74 Å². The molecule has 0 heterocycles. The molecule has 1 rings (SSSR count). The first-order valence-corrected chi connectivity index (χ1v) is 5.46. The third-order valence-corrected chi connectivity index (χ3v) is 3.16. The maximum Gasteiger partial charge on any atom is 0.302 e. The molecule has 82 valence electrons. The molecule has 1 unspecified atom stereocenters. The lowest BCUT2D eigenvalue weighted by molar-refractivity contribution is -0.146. The molecule has 0 radical (unpaired) electrons. The van der Waals surface area contributed by atoms with E-state index in [-0.39, 0.29) is 11.4 Å². The van der Waals surface area contributed by atoms with Crippen LogP contribution in [0, 0.1) is 10.8 Å². The van der Waals surface area contributed by atoms with Crippen LogP contribution in [0.25, 0.3) is 0 Å². The van der Waals surface area contributed by atoms with E-state index in [1.807, 2.05) is 0 Å². The Hall–Kier alpha value is -0.530. The highest BCUT2D eigenvalue weighted by molar-refractivity contribution is 5.65. The van der Waals surface area contributed by atoms with E-state index in [2.05, 4.69) is 20.8 Å². The second kappa shape index (κ2) is 3.92. The van der Waals surface area contributed by atoms with Gasteiger partial charge in [-0.1, -0.05) is 27.2 Å². The average Bonchev–Trinajstić information content (AvgIpc) is 1.98. The second-order valence-corrected chi connectivity index (χ2v) is 5.79. The van der Waals surface area contributed by atoms with Crippen LogP contribution in [0.4, 0.5) is 0 Å². The van der Waals surface area contributed by atoms with Crippen LogP contribution in [0.5, 0.6) is 0 Å². The Kier molecular flexibility index (Phi) is 3.23. The maximum absolute atomic E-state index is 10.8. The molecular formula is C12H22O2. The lowest BCUT2D eigenvalue weighted by Crippen LogP contribution is -2.34. The molecule has 0 spiro atoms. The largest absolute Gasteiger partial charge is 0.465 e. The van der Waals surface area contributed by atoms with Gasteiger partial charge in [-0.2, -0.15) is 0 Å². The van der Waals surface area contributed by atoms with Crippen molar-refractivity contribution in [3.63, 3.8) is 0 Å². The smallest absolute Gasteiger partial charge is 0.302 e. The topological polar surface area (TPSA) is 26.3 Å². The Morgan fingerprint density at radius 2 is 1.93 bits per heavy atom. The molecule has 0 aliphatic heterocycles. The van der Waals surface area contributed by atoms with Crippen LogP contribution in [0.2, 0.25) is 0 Å². The van der Waals surface area contributed by atoms with Gasteiger partial charge in [-0.05, 0) is 24.7 Å². The van der Waals surface area contributed by atoms with Gasteiger partial charge in [-0.15, -0.1) is 0 Å². The molecule has 0 saturated heterocycles. The molecule has 2 heteroatoms. The molecule has 0 N–H and O–H groups in total. The summed E-state index contributed by atoms with van der Waals surface area (Å²) in [5.41, 5.74) is 0.612. The van der Waals surface area contributed by atoms with Crippen molar-refractivity contribution < 1.29 is 9.53 Å². The maximum atomic E-state index is 10.8. The number of rotatable bonds is 2. The van der Waals surface area contributed by atoms with Crippen molar-refractivity contribution in [2.24, 2.45) is 10.8 Å². The summed E-state index contributed by atoms with van der Waals surface area (Å²) >= 11 is 0. The zero-order chi connectivity index (χ0) is 10.8. The van der Waals surface area contributed by atoms with E-state index < -0.39 is 0 Å². The van der Waals surface area contributed by atoms with Gasteiger partial charge < -0.3 is 4.74 Å². The second-order valence-electron chi connectivity index (χ2n) is 5.79. The fourth-order valence-corrected chi connectivity index (χ4v) is 2.72. The first kappa shape index (κ1) is 11.5. The number of ether oxygens (including phenoxy) is 1. The number of carbonyl (C=O) groups is 1. The predicted octanol–water partition coefficient (Wildman–Crippen LogP) is 3.16. The first-order valence-electron chi connectivity index (χ1n) is 5.46. The fraction of sp³-hybridized carbons (Fsp3) is 0.917. The Balaban J connectivity index is 2.51. The first-order chi connectivity index (χ1) is 6.33. The quantitative estimate of drug-likeness (QED) is 0.637. The van der Waals surface area contributed by atoms with Crippen LogP contribution >= 0.6 is 0 Å². The fourth-order valence-electron chi connectivity index (χ4n) is 2.72. The van der Waals surface area contributed by atoms with Gasteiger partial charge in [0.1, 0.15) is 0 Å². The molecule has 14 heavy (non-hydrogen) atoms. The van der Waals surface area contributed by atoms with Gasteiger partial charge in [0.15, 0.2) is 0 Å². The number of hydrogen-bond donors (Lipinski definition) is 0. The van der Waals surface area contributed by atoms with Gasteiger partial charge in [-0.25, -0.2) is 0 Å². The van der Waals surface area contributed by atoms with Crippen LogP contribution in [0.1, 0.15) is 53.4 Å². The summed E-state index contributed by atoms with van der Waals surface area (Å²) in [4.78, 5) is 10.8. The average molecular weight is 198 g/mol. The van der Waals surface area contributed by atoms with Gasteiger partial charge in [-0.3, -0.25) is 4.79 Å². The third kappa shape index (κ3) is 3.32. The van der Waals surface area contributed by atoms with E-state index in [0.717, 1.165) is 6.42 Å². The van der Waals surface area contributed by atoms with Gasteiger partial charge in [0.25, 0.3) is 0 Å². The number of hydrogen-bond acceptors (Lipinski definition) is 2. The van der Waals surface area contributed by atoms with E-state index in [0.29, 0.717) is 12.0 Å². The molecule has 1 aliphatic rings. The molecule has 1 fully saturated rings. The lowest BCUT2D eigenvalue weighted by atomic mass is 9.65. The Bertz CT molecular complexity index is 220. The highest BCUT2D eigenvalue weighted by Gasteiger charge is 2.37. The van der Waals surface area contributed by atoms with Crippen molar-refractivity contribution in [3.05, 3.63) is 0 Å². The molecule has 1 aliphatic carbocycles. The summed E-state index contributed by atoms with van der Waals surface area (Å²) < 4.78 is 5.14. The van der Waals surface area contributed by atoms with Crippen LogP contribution in [0.3, 0.4) is 0 Å². The highest BCUT2D eigenvalue weighted by atomic mass is 16.5. The number of esters is 1. The summed E-state index contributed by atoms with van der Waals surface area (Å²) in [6, 6.07) is 0. The summed E-state index contributed by atoms with van der Waals surface area (Å²) in [6.45, 7) is 8.91. The van der Waals surface area contributed by atoms with Crippen molar-refractivity contribution in [2.45, 2.75) is 53.4 Å². The van der Waals surface area contributed by atoms with E-state index in [1.54, 1.807) is 0 Å². The zero-order valence-electron chi connectivity index (χ0n) is 9.85. The Morgan fingerprint density at radius 3 is 2.43 bits per heavy atom. The van der Waals surface area contributed by atoms with E-state index in [1.165, 1.54) is 26.2 Å². The van der Waals surface area contributed by atoms with Gasteiger partial charge in [0, 0.05) is 12.3 Å². The SMILES string of the molecule is CC(=O)OCC1(C)CCCC(C)(C)C1. The van der Waals surface area contributed by atoms with Crippen LogP contribution in [-0.4, -0.2) is 12.6 Å². The van der Waals surface area contributed by atoms with Crippen molar-refractivity contribution >= 4 is 5.97 Å². The van der Waals surface area contributed by atoms with Gasteiger partial charge >= 0.3 is 5.97 Å². The predicted molar refractivity (Wildman–Crippen MR) is 57.0 cm³/mol. The van der Waals surface area contributed by atoms with E-state index in [9.17, 15) is 4.79 Å². The molecule has 0 bridgehead atoms. The minimum Gasteiger partial charge on any atom is -0.465 e. The van der Waals surface area contributed by atoms with Crippen molar-refractivity contribution in [2.75, 3.05) is 6.61 Å². The lowest BCUT2D eigenvalue weighted by Gasteiger charge is -2.42. The molecule has 0 amide bonds. The molecular weight excluding hydrogens is 176 g/mol. The Morgan fingerprint density at radius 1 is 1.29 bits per heavy atom. The minimum absolute atomic E-state index is 0.158. The summed E-state index contributed by atoms with van der Waals surface area (Å²) in [6.07, 6.45) is 4.89. The monoisotopic (exact) mass is 198 g/mol. The summed E-state index contributed by atoms with van der Waals surface area (Å²) in [5, 5.41) is 0. The summed E-state index contributed by atoms with van der Waals surface area (Å²) in [5.74, 6) is -0.158. The molecule has 1 atom stereocenters. The van der Waals surface area contributed by atoms with Crippen molar-refractivity contribution in [1.82, 2.24) is 0 Å².